The van der Waals surface area contributed by atoms with Crippen molar-refractivity contribution in [2.75, 3.05) is 31.1 Å². The van der Waals surface area contributed by atoms with Crippen LogP contribution in [0.25, 0.3) is 0 Å². The molecule has 1 atom stereocenters. The summed E-state index contributed by atoms with van der Waals surface area (Å²) < 4.78 is 0. The van der Waals surface area contributed by atoms with Crippen LogP contribution in [0.2, 0.25) is 0 Å². The molecule has 2 heterocycles. The number of nitrogens with zero attached hydrogens (tertiary/aromatic N) is 2. The molecule has 4 heteroatoms. The lowest BCUT2D eigenvalue weighted by atomic mass is 9.88. The fraction of sp³-hybridized carbons (Fsp3) is 0.688. The van der Waals surface area contributed by atoms with Crippen LogP contribution in [0.4, 0.5) is 5.82 Å². The Balaban J connectivity index is 1.77. The van der Waals surface area contributed by atoms with Crippen molar-refractivity contribution in [3.63, 3.8) is 0 Å². The molecule has 2 N–H and O–H groups in total. The molecule has 0 bridgehead atoms. The SMILES string of the molecule is CCC(C)(CO)CNC1CCN(c2ccccn2)CC1. The van der Waals surface area contributed by atoms with Crippen LogP contribution in [0.1, 0.15) is 33.1 Å². The summed E-state index contributed by atoms with van der Waals surface area (Å²) >= 11 is 0. The first kappa shape index (κ1) is 15.3. The van der Waals surface area contributed by atoms with E-state index < -0.39 is 0 Å². The van der Waals surface area contributed by atoms with Crippen molar-refractivity contribution >= 4 is 5.82 Å². The lowest BCUT2D eigenvalue weighted by molar-refractivity contribution is 0.130. The van der Waals surface area contributed by atoms with E-state index in [1.165, 1.54) is 0 Å². The Morgan fingerprint density at radius 2 is 2.15 bits per heavy atom. The van der Waals surface area contributed by atoms with Gasteiger partial charge in [-0.15, -0.1) is 0 Å². The Labute approximate surface area is 122 Å². The Bertz CT molecular complexity index is 384. The van der Waals surface area contributed by atoms with Gasteiger partial charge in [0.05, 0.1) is 0 Å². The monoisotopic (exact) mass is 277 g/mol. The van der Waals surface area contributed by atoms with Gasteiger partial charge in [0, 0.05) is 43.9 Å². The topological polar surface area (TPSA) is 48.4 Å². The minimum absolute atomic E-state index is 0.0120. The summed E-state index contributed by atoms with van der Waals surface area (Å²) in [6.07, 6.45) is 5.14. The van der Waals surface area contributed by atoms with Gasteiger partial charge >= 0.3 is 0 Å². The third-order valence-electron chi connectivity index (χ3n) is 4.52. The van der Waals surface area contributed by atoms with E-state index in [1.807, 2.05) is 18.3 Å². The first-order chi connectivity index (χ1) is 9.67. The molecule has 0 aromatic carbocycles. The number of rotatable bonds is 6. The van der Waals surface area contributed by atoms with E-state index in [9.17, 15) is 5.11 Å². The molecule has 4 nitrogen and oxygen atoms in total. The highest BCUT2D eigenvalue weighted by Gasteiger charge is 2.24. The van der Waals surface area contributed by atoms with Gasteiger partial charge < -0.3 is 15.3 Å². The number of aromatic nitrogens is 1. The molecule has 0 aliphatic carbocycles. The van der Waals surface area contributed by atoms with Gasteiger partial charge in [-0.25, -0.2) is 4.98 Å². The predicted molar refractivity (Wildman–Crippen MR) is 83.0 cm³/mol. The summed E-state index contributed by atoms with van der Waals surface area (Å²) in [4.78, 5) is 6.76. The second kappa shape index (κ2) is 7.04. The van der Waals surface area contributed by atoms with Gasteiger partial charge in [0.2, 0.25) is 0 Å². The molecule has 1 aromatic heterocycles. The molecule has 1 aliphatic heterocycles. The quantitative estimate of drug-likeness (QED) is 0.835. The van der Waals surface area contributed by atoms with Gasteiger partial charge in [0.1, 0.15) is 5.82 Å². The lowest BCUT2D eigenvalue weighted by Gasteiger charge is -2.35. The second-order valence-electron chi connectivity index (χ2n) is 6.15. The number of anilines is 1. The first-order valence-electron chi connectivity index (χ1n) is 7.67. The summed E-state index contributed by atoms with van der Waals surface area (Å²) in [5.74, 6) is 1.08. The van der Waals surface area contributed by atoms with Crippen molar-refractivity contribution in [1.29, 1.82) is 0 Å². The van der Waals surface area contributed by atoms with Crippen LogP contribution < -0.4 is 10.2 Å². The van der Waals surface area contributed by atoms with Gasteiger partial charge in [0.15, 0.2) is 0 Å². The van der Waals surface area contributed by atoms with E-state index in [-0.39, 0.29) is 12.0 Å². The standard InChI is InChI=1S/C16H27N3O/c1-3-16(2,13-20)12-18-14-7-10-19(11-8-14)15-6-4-5-9-17-15/h4-6,9,14,18,20H,3,7-8,10-13H2,1-2H3. The highest BCUT2D eigenvalue weighted by molar-refractivity contribution is 5.38. The average molecular weight is 277 g/mol. The third kappa shape index (κ3) is 3.93. The van der Waals surface area contributed by atoms with Crippen LogP contribution in [0.5, 0.6) is 0 Å². The van der Waals surface area contributed by atoms with Crippen LogP contribution in [-0.4, -0.2) is 42.4 Å². The highest BCUT2D eigenvalue weighted by Crippen LogP contribution is 2.21. The van der Waals surface area contributed by atoms with Gasteiger partial charge in [-0.2, -0.15) is 0 Å². The number of hydrogen-bond acceptors (Lipinski definition) is 4. The van der Waals surface area contributed by atoms with E-state index in [4.69, 9.17) is 0 Å². The number of piperidine rings is 1. The summed E-state index contributed by atoms with van der Waals surface area (Å²) in [7, 11) is 0. The molecule has 112 valence electrons. The summed E-state index contributed by atoms with van der Waals surface area (Å²) in [6, 6.07) is 6.64. The summed E-state index contributed by atoms with van der Waals surface area (Å²) in [6.45, 7) is 7.54. The molecule has 0 amide bonds. The van der Waals surface area contributed by atoms with Crippen LogP contribution in [0.15, 0.2) is 24.4 Å². The fourth-order valence-electron chi connectivity index (χ4n) is 2.54. The van der Waals surface area contributed by atoms with Crippen LogP contribution >= 0.6 is 0 Å². The van der Waals surface area contributed by atoms with Crippen LogP contribution in [0, 0.1) is 5.41 Å². The molecule has 1 aliphatic rings. The molecule has 0 radical (unpaired) electrons. The molecule has 1 aromatic rings. The van der Waals surface area contributed by atoms with Crippen molar-refractivity contribution in [1.82, 2.24) is 10.3 Å². The van der Waals surface area contributed by atoms with Crippen molar-refractivity contribution in [2.45, 2.75) is 39.2 Å². The normalized spacial score (nSPS) is 19.9. The zero-order chi connectivity index (χ0) is 14.4. The van der Waals surface area contributed by atoms with Crippen LogP contribution in [-0.2, 0) is 0 Å². The number of pyridine rings is 1. The Morgan fingerprint density at radius 1 is 1.40 bits per heavy atom. The van der Waals surface area contributed by atoms with Crippen LogP contribution in [0.3, 0.4) is 0 Å². The Morgan fingerprint density at radius 3 is 2.70 bits per heavy atom. The molecule has 0 spiro atoms. The second-order valence-corrected chi connectivity index (χ2v) is 6.15. The minimum Gasteiger partial charge on any atom is -0.396 e. The predicted octanol–water partition coefficient (Wildman–Crippen LogP) is 2.05. The maximum absolute atomic E-state index is 9.45. The van der Waals surface area contributed by atoms with Crippen molar-refractivity contribution in [3.8, 4) is 0 Å². The van der Waals surface area contributed by atoms with Crippen molar-refractivity contribution in [3.05, 3.63) is 24.4 Å². The summed E-state index contributed by atoms with van der Waals surface area (Å²) in [5, 5.41) is 13.1. The number of aliphatic hydroxyl groups is 1. The molecule has 1 fully saturated rings. The minimum atomic E-state index is 0.0120. The maximum Gasteiger partial charge on any atom is 0.128 e. The van der Waals surface area contributed by atoms with Crippen molar-refractivity contribution < 1.29 is 5.11 Å². The van der Waals surface area contributed by atoms with E-state index in [2.05, 4.69) is 35.1 Å². The van der Waals surface area contributed by atoms with E-state index >= 15 is 0 Å². The average Bonchev–Trinajstić information content (AvgIpc) is 2.54. The zero-order valence-corrected chi connectivity index (χ0v) is 12.7. The smallest absolute Gasteiger partial charge is 0.128 e. The summed E-state index contributed by atoms with van der Waals surface area (Å²) in [5.41, 5.74) is 0.0120. The highest BCUT2D eigenvalue weighted by atomic mass is 16.3. The Kier molecular flexibility index (Phi) is 5.38. The van der Waals surface area contributed by atoms with Gasteiger partial charge in [-0.1, -0.05) is 19.9 Å². The van der Waals surface area contributed by atoms with Gasteiger partial charge in [-0.05, 0) is 31.4 Å². The van der Waals surface area contributed by atoms with Crippen molar-refractivity contribution in [2.24, 2.45) is 5.41 Å². The van der Waals surface area contributed by atoms with Gasteiger partial charge in [-0.3, -0.25) is 0 Å². The van der Waals surface area contributed by atoms with E-state index in [1.54, 1.807) is 0 Å². The molecule has 1 unspecified atom stereocenters. The van der Waals surface area contributed by atoms with E-state index in [0.29, 0.717) is 6.04 Å². The number of hydrogen-bond donors (Lipinski definition) is 2. The maximum atomic E-state index is 9.45. The molecular formula is C16H27N3O. The first-order valence-corrected chi connectivity index (χ1v) is 7.67. The van der Waals surface area contributed by atoms with Gasteiger partial charge in [0.25, 0.3) is 0 Å². The lowest BCUT2D eigenvalue weighted by Crippen LogP contribution is -2.46. The fourth-order valence-corrected chi connectivity index (χ4v) is 2.54. The molecular weight excluding hydrogens is 250 g/mol. The molecule has 20 heavy (non-hydrogen) atoms. The molecule has 1 saturated heterocycles. The van der Waals surface area contributed by atoms with E-state index in [0.717, 1.165) is 44.7 Å². The zero-order valence-electron chi connectivity index (χ0n) is 12.7. The Hall–Kier alpha value is -1.13. The number of nitrogens with one attached hydrogen (secondary N) is 1. The molecule has 2 rings (SSSR count). The molecule has 0 saturated carbocycles. The largest absolute Gasteiger partial charge is 0.396 e. The number of aliphatic hydroxyl groups excluding tert-OH is 1. The third-order valence-corrected chi connectivity index (χ3v) is 4.52.